The van der Waals surface area contributed by atoms with E-state index in [2.05, 4.69) is 9.71 Å². The molecule has 0 bridgehead atoms. The molecule has 1 aromatic carbocycles. The zero-order valence-electron chi connectivity index (χ0n) is 14.4. The number of benzene rings is 1. The number of anilines is 1. The number of pyridine rings is 1. The quantitative estimate of drug-likeness (QED) is 0.770. The topological polar surface area (TPSA) is 62.3 Å². The summed E-state index contributed by atoms with van der Waals surface area (Å²) in [7, 11) is -4.02. The minimum atomic E-state index is -4.46. The van der Waals surface area contributed by atoms with Gasteiger partial charge in [-0.1, -0.05) is 0 Å². The molecule has 0 spiro atoms. The van der Waals surface area contributed by atoms with E-state index >= 15 is 0 Å². The van der Waals surface area contributed by atoms with Crippen molar-refractivity contribution in [2.24, 2.45) is 0 Å². The third kappa shape index (κ3) is 4.58. The van der Waals surface area contributed by atoms with Crippen LogP contribution < -0.4 is 9.62 Å². The van der Waals surface area contributed by atoms with Crippen LogP contribution in [0.4, 0.5) is 27.8 Å². The molecule has 1 aromatic heterocycles. The molecule has 2 heterocycles. The Morgan fingerprint density at radius 3 is 2.25 bits per heavy atom. The van der Waals surface area contributed by atoms with E-state index in [1.54, 1.807) is 4.90 Å². The first-order valence-electron chi connectivity index (χ1n) is 8.32. The van der Waals surface area contributed by atoms with Crippen molar-refractivity contribution in [2.45, 2.75) is 30.0 Å². The lowest BCUT2D eigenvalue weighted by Gasteiger charge is -2.33. The lowest BCUT2D eigenvalue weighted by atomic mass is 10.1. The molecule has 1 N–H and O–H groups in total. The van der Waals surface area contributed by atoms with Gasteiger partial charge < -0.3 is 4.90 Å². The summed E-state index contributed by atoms with van der Waals surface area (Å²) in [6.07, 6.45) is -2.94. The van der Waals surface area contributed by atoms with Gasteiger partial charge in [0.1, 0.15) is 5.82 Å². The zero-order chi connectivity index (χ0) is 20.5. The maximum atomic E-state index is 13.3. The van der Waals surface area contributed by atoms with E-state index in [0.29, 0.717) is 37.8 Å². The number of sulfonamides is 1. The maximum Gasteiger partial charge on any atom is 0.417 e. The first-order chi connectivity index (χ1) is 13.1. The van der Waals surface area contributed by atoms with Gasteiger partial charge in [-0.3, -0.25) is 0 Å². The smallest absolute Gasteiger partial charge is 0.357 e. The summed E-state index contributed by atoms with van der Waals surface area (Å²) in [4.78, 5) is 5.20. The lowest BCUT2D eigenvalue weighted by Crippen LogP contribution is -2.44. The van der Waals surface area contributed by atoms with Gasteiger partial charge in [-0.05, 0) is 43.2 Å². The number of piperidine rings is 1. The summed E-state index contributed by atoms with van der Waals surface area (Å²) in [6.45, 7) is 0.757. The molecule has 0 atom stereocenters. The second-order valence-corrected chi connectivity index (χ2v) is 8.08. The fourth-order valence-corrected chi connectivity index (χ4v) is 4.22. The molecular weight excluding hydrogens is 405 g/mol. The van der Waals surface area contributed by atoms with E-state index in [-0.39, 0.29) is 4.90 Å². The predicted molar refractivity (Wildman–Crippen MR) is 91.2 cm³/mol. The van der Waals surface area contributed by atoms with Gasteiger partial charge in [-0.15, -0.1) is 0 Å². The highest BCUT2D eigenvalue weighted by molar-refractivity contribution is 7.89. The highest BCUT2D eigenvalue weighted by Crippen LogP contribution is 2.30. The number of hydrogen-bond donors (Lipinski definition) is 1. The Bertz CT molecular complexity index is 940. The molecule has 1 fully saturated rings. The van der Waals surface area contributed by atoms with Crippen LogP contribution in [0, 0.1) is 11.6 Å². The molecule has 0 amide bonds. The van der Waals surface area contributed by atoms with Crippen LogP contribution in [0.25, 0.3) is 0 Å². The van der Waals surface area contributed by atoms with Crippen molar-refractivity contribution < 1.29 is 30.4 Å². The Morgan fingerprint density at radius 2 is 1.71 bits per heavy atom. The Hall–Kier alpha value is -2.27. The number of rotatable bonds is 4. The third-order valence-corrected chi connectivity index (χ3v) is 5.94. The number of halogens is 5. The van der Waals surface area contributed by atoms with Crippen LogP contribution in [0.1, 0.15) is 18.4 Å². The fraction of sp³-hybridized carbons (Fsp3) is 0.353. The highest BCUT2D eigenvalue weighted by Gasteiger charge is 2.31. The first-order valence-corrected chi connectivity index (χ1v) is 9.80. The van der Waals surface area contributed by atoms with Gasteiger partial charge in [-0.2, -0.15) is 13.2 Å². The van der Waals surface area contributed by atoms with Crippen molar-refractivity contribution in [2.75, 3.05) is 18.0 Å². The molecule has 1 aliphatic rings. The Kier molecular flexibility index (Phi) is 5.57. The standard InChI is InChI=1S/C17H16F5N3O2S/c18-14-3-2-13(9-15(14)19)28(26,27)24-12-5-7-25(8-6-12)16-4-1-11(10-23-16)17(20,21)22/h1-4,9-10,12,24H,5-8H2. The number of alkyl halides is 3. The molecule has 11 heteroatoms. The van der Waals surface area contributed by atoms with E-state index in [1.165, 1.54) is 6.07 Å². The molecule has 3 rings (SSSR count). The van der Waals surface area contributed by atoms with E-state index < -0.39 is 39.4 Å². The molecule has 0 aliphatic carbocycles. The summed E-state index contributed by atoms with van der Waals surface area (Å²) in [5.41, 5.74) is -0.842. The van der Waals surface area contributed by atoms with Gasteiger partial charge in [0.25, 0.3) is 0 Å². The van der Waals surface area contributed by atoms with Gasteiger partial charge in [0.05, 0.1) is 10.5 Å². The monoisotopic (exact) mass is 421 g/mol. The second kappa shape index (κ2) is 7.63. The largest absolute Gasteiger partial charge is 0.417 e. The minimum Gasteiger partial charge on any atom is -0.357 e. The number of nitrogens with one attached hydrogen (secondary N) is 1. The molecule has 0 unspecified atom stereocenters. The summed E-state index contributed by atoms with van der Waals surface area (Å²) in [5, 5.41) is 0. The molecule has 152 valence electrons. The predicted octanol–water partition coefficient (Wildman–Crippen LogP) is 3.33. The van der Waals surface area contributed by atoms with Crippen LogP contribution in [-0.2, 0) is 16.2 Å². The molecule has 0 saturated carbocycles. The average molecular weight is 421 g/mol. The first kappa shape index (κ1) is 20.5. The van der Waals surface area contributed by atoms with Gasteiger partial charge in [-0.25, -0.2) is 26.9 Å². The molecular formula is C17H16F5N3O2S. The summed E-state index contributed by atoms with van der Waals surface area (Å²) >= 11 is 0. The van der Waals surface area contributed by atoms with Gasteiger partial charge in [0.15, 0.2) is 11.6 Å². The average Bonchev–Trinajstić information content (AvgIpc) is 2.63. The van der Waals surface area contributed by atoms with Crippen molar-refractivity contribution in [1.29, 1.82) is 0 Å². The summed E-state index contributed by atoms with van der Waals surface area (Å²) in [5.74, 6) is -2.03. The highest BCUT2D eigenvalue weighted by atomic mass is 32.2. The van der Waals surface area contributed by atoms with E-state index in [4.69, 9.17) is 0 Å². The van der Waals surface area contributed by atoms with Crippen LogP contribution in [0.2, 0.25) is 0 Å². The van der Waals surface area contributed by atoms with Crippen molar-refractivity contribution >= 4 is 15.8 Å². The third-order valence-electron chi connectivity index (χ3n) is 4.42. The van der Waals surface area contributed by atoms with Crippen LogP contribution in [0.3, 0.4) is 0 Å². The van der Waals surface area contributed by atoms with Crippen molar-refractivity contribution in [3.05, 3.63) is 53.7 Å². The Morgan fingerprint density at radius 1 is 1.04 bits per heavy atom. The number of aromatic nitrogens is 1. The van der Waals surface area contributed by atoms with Crippen LogP contribution in [0.15, 0.2) is 41.4 Å². The maximum absolute atomic E-state index is 13.3. The van der Waals surface area contributed by atoms with Gasteiger partial charge in [0.2, 0.25) is 10.0 Å². The molecule has 5 nitrogen and oxygen atoms in total. The molecule has 2 aromatic rings. The Balaban J connectivity index is 1.61. The van der Waals surface area contributed by atoms with Crippen molar-refractivity contribution in [3.63, 3.8) is 0 Å². The lowest BCUT2D eigenvalue weighted by molar-refractivity contribution is -0.137. The molecule has 28 heavy (non-hydrogen) atoms. The van der Waals surface area contributed by atoms with Crippen LogP contribution in [-0.4, -0.2) is 32.5 Å². The van der Waals surface area contributed by atoms with Crippen LogP contribution in [0.5, 0.6) is 0 Å². The molecule has 1 saturated heterocycles. The summed E-state index contributed by atoms with van der Waals surface area (Å²) in [6, 6.07) is 4.10. The number of nitrogens with zero attached hydrogens (tertiary/aromatic N) is 2. The van der Waals surface area contributed by atoms with E-state index in [0.717, 1.165) is 24.4 Å². The number of hydrogen-bond acceptors (Lipinski definition) is 4. The normalized spacial score (nSPS) is 16.4. The van der Waals surface area contributed by atoms with Crippen molar-refractivity contribution in [1.82, 2.24) is 9.71 Å². The second-order valence-electron chi connectivity index (χ2n) is 6.36. The van der Waals surface area contributed by atoms with Crippen molar-refractivity contribution in [3.8, 4) is 0 Å². The van der Waals surface area contributed by atoms with Gasteiger partial charge >= 0.3 is 6.18 Å². The minimum absolute atomic E-state index is 0.370. The zero-order valence-corrected chi connectivity index (χ0v) is 15.2. The summed E-state index contributed by atoms with van der Waals surface area (Å²) < 4.78 is 91.1. The van der Waals surface area contributed by atoms with E-state index in [1.807, 2.05) is 0 Å². The molecule has 0 radical (unpaired) electrons. The SMILES string of the molecule is O=S(=O)(NC1CCN(c2ccc(C(F)(F)F)cn2)CC1)c1ccc(F)c(F)c1. The van der Waals surface area contributed by atoms with Crippen LogP contribution >= 0.6 is 0 Å². The Labute approximate surface area is 158 Å². The van der Waals surface area contributed by atoms with Gasteiger partial charge in [0, 0.05) is 25.3 Å². The van der Waals surface area contributed by atoms with E-state index in [9.17, 15) is 30.4 Å². The molecule has 1 aliphatic heterocycles. The fourth-order valence-electron chi connectivity index (χ4n) is 2.90.